The minimum Gasteiger partial charge on any atom is -0.378 e. The van der Waals surface area contributed by atoms with Gasteiger partial charge in [0, 0.05) is 48.6 Å². The lowest BCUT2D eigenvalue weighted by atomic mass is 9.92. The second-order valence-electron chi connectivity index (χ2n) is 8.18. The number of aryl methyl sites for hydroxylation is 1. The molecule has 0 unspecified atom stereocenters. The van der Waals surface area contributed by atoms with Gasteiger partial charge in [-0.15, -0.1) is 0 Å². The summed E-state index contributed by atoms with van der Waals surface area (Å²) in [4.78, 5) is 33.7. The highest BCUT2D eigenvalue weighted by Crippen LogP contribution is 2.25. The lowest BCUT2D eigenvalue weighted by molar-refractivity contribution is 0.102. The zero-order chi connectivity index (χ0) is 21.3. The predicted octanol–water partition coefficient (Wildman–Crippen LogP) is 2.88. The smallest absolute Gasteiger partial charge is 0.256 e. The van der Waals surface area contributed by atoms with Gasteiger partial charge in [0.25, 0.3) is 11.5 Å². The number of amides is 1. The van der Waals surface area contributed by atoms with Crippen LogP contribution in [-0.4, -0.2) is 39.8 Å². The molecule has 0 aliphatic rings. The number of hydrogen-bond acceptors (Lipinski definition) is 5. The molecule has 0 aliphatic carbocycles. The topological polar surface area (TPSA) is 95.9 Å². The van der Waals surface area contributed by atoms with Crippen molar-refractivity contribution in [2.45, 2.75) is 33.1 Å². The van der Waals surface area contributed by atoms with Gasteiger partial charge in [-0.05, 0) is 31.2 Å². The molecule has 3 aromatic rings. The van der Waals surface area contributed by atoms with Crippen molar-refractivity contribution in [2.24, 2.45) is 0 Å². The van der Waals surface area contributed by atoms with E-state index < -0.39 is 0 Å². The molecule has 0 saturated heterocycles. The maximum absolute atomic E-state index is 12.8. The summed E-state index contributed by atoms with van der Waals surface area (Å²) >= 11 is 0. The van der Waals surface area contributed by atoms with Crippen LogP contribution in [0.5, 0.6) is 0 Å². The van der Waals surface area contributed by atoms with Crippen LogP contribution in [-0.2, 0) is 5.41 Å². The third-order valence-electron chi connectivity index (χ3n) is 4.42. The first-order valence-corrected chi connectivity index (χ1v) is 9.32. The van der Waals surface area contributed by atoms with Crippen LogP contribution in [0.1, 0.15) is 42.5 Å². The Kier molecular flexibility index (Phi) is 5.28. The fourth-order valence-electron chi connectivity index (χ4n) is 2.76. The second-order valence-corrected chi connectivity index (χ2v) is 8.18. The molecule has 2 N–H and O–H groups in total. The van der Waals surface area contributed by atoms with E-state index in [9.17, 15) is 9.59 Å². The number of nitrogens with one attached hydrogen (secondary N) is 2. The lowest BCUT2D eigenvalue weighted by Crippen LogP contribution is -2.19. The van der Waals surface area contributed by atoms with E-state index >= 15 is 0 Å². The number of hydrogen-bond donors (Lipinski definition) is 2. The van der Waals surface area contributed by atoms with Crippen LogP contribution in [0.15, 0.2) is 41.2 Å². The standard InChI is InChI=1S/C21H26N6O2/c1-13-11-18(28)24-20(22-13)27-17(12-16(25-27)21(2,3)4)23-19(29)14-7-9-15(10-8-14)26(5)6/h7-12H,1-6H3,(H,23,29)(H,22,24,28). The van der Waals surface area contributed by atoms with Gasteiger partial charge in [0.1, 0.15) is 5.82 Å². The predicted molar refractivity (Wildman–Crippen MR) is 114 cm³/mol. The number of benzene rings is 1. The molecule has 3 rings (SSSR count). The molecule has 152 valence electrons. The van der Waals surface area contributed by atoms with Crippen molar-refractivity contribution in [1.82, 2.24) is 19.7 Å². The molecule has 1 amide bonds. The summed E-state index contributed by atoms with van der Waals surface area (Å²) in [6.45, 7) is 7.81. The summed E-state index contributed by atoms with van der Waals surface area (Å²) < 4.78 is 1.46. The van der Waals surface area contributed by atoms with Crippen molar-refractivity contribution in [3.8, 4) is 5.95 Å². The van der Waals surface area contributed by atoms with Gasteiger partial charge in [0.15, 0.2) is 0 Å². The quantitative estimate of drug-likeness (QED) is 0.709. The van der Waals surface area contributed by atoms with Crippen molar-refractivity contribution < 1.29 is 4.79 Å². The van der Waals surface area contributed by atoms with E-state index in [0.717, 1.165) is 11.4 Å². The van der Waals surface area contributed by atoms with Gasteiger partial charge < -0.3 is 10.2 Å². The Balaban J connectivity index is 2.00. The van der Waals surface area contributed by atoms with E-state index in [1.807, 2.05) is 51.9 Å². The van der Waals surface area contributed by atoms with Crippen LogP contribution >= 0.6 is 0 Å². The Morgan fingerprint density at radius 2 is 1.79 bits per heavy atom. The summed E-state index contributed by atoms with van der Waals surface area (Å²) in [5.41, 5.74) is 2.32. The van der Waals surface area contributed by atoms with Gasteiger partial charge >= 0.3 is 0 Å². The van der Waals surface area contributed by atoms with Crippen molar-refractivity contribution >= 4 is 17.4 Å². The molecule has 8 heteroatoms. The SMILES string of the molecule is Cc1cc(=O)[nH]c(-n2nc(C(C)(C)C)cc2NC(=O)c2ccc(N(C)C)cc2)n1. The molecule has 0 saturated carbocycles. The van der Waals surface area contributed by atoms with Crippen LogP contribution in [0.25, 0.3) is 5.95 Å². The molecule has 0 atom stereocenters. The first-order valence-electron chi connectivity index (χ1n) is 9.32. The van der Waals surface area contributed by atoms with Gasteiger partial charge in [-0.25, -0.2) is 4.98 Å². The highest BCUT2D eigenvalue weighted by Gasteiger charge is 2.22. The maximum Gasteiger partial charge on any atom is 0.256 e. The zero-order valence-electron chi connectivity index (χ0n) is 17.6. The number of carbonyl (C=O) groups is 1. The molecular weight excluding hydrogens is 368 g/mol. The third-order valence-corrected chi connectivity index (χ3v) is 4.42. The molecule has 0 aliphatic heterocycles. The number of aromatic amines is 1. The first-order chi connectivity index (χ1) is 13.5. The zero-order valence-corrected chi connectivity index (χ0v) is 17.6. The molecule has 2 aromatic heterocycles. The van der Waals surface area contributed by atoms with Crippen molar-refractivity contribution in [3.05, 3.63) is 63.7 Å². The van der Waals surface area contributed by atoms with E-state index in [0.29, 0.717) is 17.1 Å². The van der Waals surface area contributed by atoms with E-state index in [2.05, 4.69) is 20.4 Å². The number of anilines is 2. The summed E-state index contributed by atoms with van der Waals surface area (Å²) in [6, 6.07) is 10.5. The van der Waals surface area contributed by atoms with Crippen LogP contribution < -0.4 is 15.8 Å². The van der Waals surface area contributed by atoms with Crippen molar-refractivity contribution in [3.63, 3.8) is 0 Å². The molecule has 1 aromatic carbocycles. The lowest BCUT2D eigenvalue weighted by Gasteiger charge is -2.13. The van der Waals surface area contributed by atoms with E-state index in [4.69, 9.17) is 0 Å². The Hall–Kier alpha value is -3.42. The molecule has 8 nitrogen and oxygen atoms in total. The number of aromatic nitrogens is 4. The van der Waals surface area contributed by atoms with Crippen LogP contribution in [0, 0.1) is 6.92 Å². The molecular formula is C21H26N6O2. The fraction of sp³-hybridized carbons (Fsp3) is 0.333. The van der Waals surface area contributed by atoms with Gasteiger partial charge in [0.05, 0.1) is 5.69 Å². The second kappa shape index (κ2) is 7.54. The largest absolute Gasteiger partial charge is 0.378 e. The van der Waals surface area contributed by atoms with Gasteiger partial charge in [0.2, 0.25) is 5.95 Å². The average Bonchev–Trinajstić information content (AvgIpc) is 3.05. The van der Waals surface area contributed by atoms with Crippen LogP contribution in [0.4, 0.5) is 11.5 Å². The normalized spacial score (nSPS) is 11.4. The van der Waals surface area contributed by atoms with Gasteiger partial charge in [-0.2, -0.15) is 9.78 Å². The van der Waals surface area contributed by atoms with Gasteiger partial charge in [-0.3, -0.25) is 14.6 Å². The number of H-pyrrole nitrogens is 1. The number of rotatable bonds is 4. The maximum atomic E-state index is 12.8. The molecule has 2 heterocycles. The molecule has 29 heavy (non-hydrogen) atoms. The molecule has 0 fully saturated rings. The average molecular weight is 394 g/mol. The first kappa shape index (κ1) is 20.3. The monoisotopic (exact) mass is 394 g/mol. The molecule has 0 radical (unpaired) electrons. The minimum absolute atomic E-state index is 0.248. The molecule has 0 spiro atoms. The molecule has 0 bridgehead atoms. The summed E-state index contributed by atoms with van der Waals surface area (Å²) in [5, 5.41) is 7.47. The Morgan fingerprint density at radius 3 is 2.34 bits per heavy atom. The summed E-state index contributed by atoms with van der Waals surface area (Å²) in [7, 11) is 3.88. The third kappa shape index (κ3) is 4.53. The van der Waals surface area contributed by atoms with E-state index in [1.165, 1.54) is 10.7 Å². The fourth-order valence-corrected chi connectivity index (χ4v) is 2.76. The summed E-state index contributed by atoms with van der Waals surface area (Å²) in [5.74, 6) is 0.418. The number of nitrogens with zero attached hydrogens (tertiary/aromatic N) is 4. The van der Waals surface area contributed by atoms with Gasteiger partial charge in [-0.1, -0.05) is 20.8 Å². The highest BCUT2D eigenvalue weighted by molar-refractivity contribution is 6.04. The summed E-state index contributed by atoms with van der Waals surface area (Å²) in [6.07, 6.45) is 0. The Bertz CT molecular complexity index is 1090. The van der Waals surface area contributed by atoms with E-state index in [-0.39, 0.29) is 22.8 Å². The van der Waals surface area contributed by atoms with Crippen molar-refractivity contribution in [2.75, 3.05) is 24.3 Å². The number of carbonyl (C=O) groups excluding carboxylic acids is 1. The van der Waals surface area contributed by atoms with Crippen LogP contribution in [0.3, 0.4) is 0 Å². The van der Waals surface area contributed by atoms with Crippen LogP contribution in [0.2, 0.25) is 0 Å². The Morgan fingerprint density at radius 1 is 1.14 bits per heavy atom. The Labute approximate surface area is 169 Å². The highest BCUT2D eigenvalue weighted by atomic mass is 16.1. The minimum atomic E-state index is -0.281. The van der Waals surface area contributed by atoms with E-state index in [1.54, 1.807) is 25.1 Å². The van der Waals surface area contributed by atoms with Crippen molar-refractivity contribution in [1.29, 1.82) is 0 Å².